The molecule has 88 valence electrons. The van der Waals surface area contributed by atoms with E-state index in [1.54, 1.807) is 0 Å². The van der Waals surface area contributed by atoms with Crippen molar-refractivity contribution in [3.05, 3.63) is 29.5 Å². The second-order valence-electron chi connectivity index (χ2n) is 7.37. The molecule has 0 unspecified atom stereocenters. The molecule has 0 N–H and O–H groups in total. The van der Waals surface area contributed by atoms with Crippen molar-refractivity contribution in [3.63, 3.8) is 0 Å². The van der Waals surface area contributed by atoms with Crippen molar-refractivity contribution >= 4 is 26.5 Å². The first-order chi connectivity index (χ1) is 7.12. The van der Waals surface area contributed by atoms with Crippen LogP contribution in [0.2, 0.25) is 8.49 Å². The molecule has 3 aliphatic rings. The summed E-state index contributed by atoms with van der Waals surface area (Å²) in [6.45, 7) is 14.5. The minimum absolute atomic E-state index is 0.468. The minimum atomic E-state index is -1.97. The molecule has 0 atom stereocenters. The third-order valence-corrected chi connectivity index (χ3v) is 28.8. The van der Waals surface area contributed by atoms with E-state index in [-0.39, 0.29) is 0 Å². The van der Waals surface area contributed by atoms with Gasteiger partial charge in [0.25, 0.3) is 0 Å². The molecule has 0 amide bonds. The summed E-state index contributed by atoms with van der Waals surface area (Å²) in [5.74, 6) is 0. The van der Waals surface area contributed by atoms with Gasteiger partial charge in [-0.15, -0.1) is 0 Å². The average Bonchev–Trinajstić information content (AvgIpc) is 2.17. The van der Waals surface area contributed by atoms with Gasteiger partial charge in [-0.1, -0.05) is 0 Å². The van der Waals surface area contributed by atoms with Crippen LogP contribution in [0.3, 0.4) is 0 Å². The maximum absolute atomic E-state index is 2.67. The molecule has 0 nitrogen and oxygen atoms in total. The third-order valence-electron chi connectivity index (χ3n) is 4.50. The van der Waals surface area contributed by atoms with Gasteiger partial charge in [0.15, 0.2) is 0 Å². The van der Waals surface area contributed by atoms with Crippen LogP contribution in [0.15, 0.2) is 29.5 Å². The first-order valence-corrected chi connectivity index (χ1v) is 15.6. The van der Waals surface area contributed by atoms with Gasteiger partial charge >= 0.3 is 106 Å². The van der Waals surface area contributed by atoms with Gasteiger partial charge in [0.05, 0.1) is 0 Å². The van der Waals surface area contributed by atoms with Gasteiger partial charge in [-0.05, 0) is 0 Å². The summed E-state index contributed by atoms with van der Waals surface area (Å²) >= 11 is -3.94. The van der Waals surface area contributed by atoms with E-state index in [1.807, 2.05) is 0 Å². The molecule has 0 aromatic carbocycles. The molecule has 3 heterocycles. The van der Waals surface area contributed by atoms with Crippen molar-refractivity contribution in [1.82, 2.24) is 0 Å². The van der Waals surface area contributed by atoms with Crippen molar-refractivity contribution in [1.29, 1.82) is 0 Å². The molecule has 0 fully saturated rings. The molecule has 2 heteroatoms. The topological polar surface area (TPSA) is 0 Å². The van der Waals surface area contributed by atoms with Crippen LogP contribution < -0.4 is 0 Å². The monoisotopic (exact) mass is 340 g/mol. The number of hydrogen-bond acceptors (Lipinski definition) is 0. The Kier molecular flexibility index (Phi) is 2.72. The first-order valence-electron chi connectivity index (χ1n) is 6.23. The summed E-state index contributed by atoms with van der Waals surface area (Å²) in [5, 5.41) is 0. The molecule has 3 aliphatic heterocycles. The van der Waals surface area contributed by atoms with Crippen LogP contribution in [-0.4, -0.2) is 26.5 Å². The van der Waals surface area contributed by atoms with Crippen molar-refractivity contribution in [2.45, 2.75) is 50.0 Å². The zero-order chi connectivity index (χ0) is 12.2. The fourth-order valence-corrected chi connectivity index (χ4v) is 31.9. The van der Waals surface area contributed by atoms with E-state index < -0.39 is 26.5 Å². The summed E-state index contributed by atoms with van der Waals surface area (Å²) in [4.78, 5) is 16.0. The fraction of sp³-hybridized carbons (Fsp3) is 0.571. The predicted octanol–water partition coefficient (Wildman–Crippen LogP) is 4.42. The van der Waals surface area contributed by atoms with Crippen LogP contribution in [0.1, 0.15) is 41.5 Å². The average molecular weight is 338 g/mol. The Balaban J connectivity index is 2.45. The summed E-state index contributed by atoms with van der Waals surface area (Å²) in [5.41, 5.74) is 0. The third kappa shape index (κ3) is 1.64. The molecule has 16 heavy (non-hydrogen) atoms. The van der Waals surface area contributed by atoms with Gasteiger partial charge in [-0.25, -0.2) is 0 Å². The van der Waals surface area contributed by atoms with Crippen LogP contribution in [0.25, 0.3) is 0 Å². The molecular formula is C14H24Ge2. The van der Waals surface area contributed by atoms with Crippen LogP contribution in [-0.2, 0) is 0 Å². The second kappa shape index (κ2) is 3.41. The number of rotatable bonds is 0. The summed E-state index contributed by atoms with van der Waals surface area (Å²) in [6, 6.07) is 0. The summed E-state index contributed by atoms with van der Waals surface area (Å²) < 4.78 is 0.937. The van der Waals surface area contributed by atoms with Crippen molar-refractivity contribution in [2.24, 2.45) is 0 Å². The predicted molar refractivity (Wildman–Crippen MR) is 78.4 cm³/mol. The quantitative estimate of drug-likeness (QED) is 0.574. The standard InChI is InChI=1S/C14H24Ge2/c1-13(2,3)15-7-10-16(11-8-15,12-9-15)14(4,5)6/h7-12H,1-6H3. The zero-order valence-corrected chi connectivity index (χ0v) is 15.7. The Bertz CT molecular complexity index is 311. The van der Waals surface area contributed by atoms with Gasteiger partial charge in [0, 0.05) is 0 Å². The van der Waals surface area contributed by atoms with Crippen molar-refractivity contribution in [3.8, 4) is 0 Å². The van der Waals surface area contributed by atoms with Crippen molar-refractivity contribution < 1.29 is 0 Å². The van der Waals surface area contributed by atoms with Crippen LogP contribution in [0.4, 0.5) is 0 Å². The van der Waals surface area contributed by atoms with Crippen LogP contribution in [0, 0.1) is 0 Å². The molecule has 0 saturated carbocycles. The van der Waals surface area contributed by atoms with Gasteiger partial charge in [-0.2, -0.15) is 0 Å². The molecule has 0 saturated heterocycles. The zero-order valence-electron chi connectivity index (χ0n) is 11.5. The number of hydrogen-bond donors (Lipinski definition) is 0. The van der Waals surface area contributed by atoms with Gasteiger partial charge in [0.1, 0.15) is 0 Å². The molecular weight excluding hydrogens is 313 g/mol. The first kappa shape index (κ1) is 12.8. The maximum atomic E-state index is 2.67. The van der Waals surface area contributed by atoms with E-state index in [4.69, 9.17) is 0 Å². The SMILES string of the molecule is C[C](C)(C)[Ge]12[CH]=[CH][Ge]([C](C)(C)C)([CH]=[CH]1)[CH]=[CH]2. The van der Waals surface area contributed by atoms with Gasteiger partial charge in [0.2, 0.25) is 0 Å². The molecule has 3 rings (SSSR count). The van der Waals surface area contributed by atoms with Crippen molar-refractivity contribution in [2.75, 3.05) is 0 Å². The van der Waals surface area contributed by atoms with Gasteiger partial charge < -0.3 is 0 Å². The molecule has 0 spiro atoms. The summed E-state index contributed by atoms with van der Waals surface area (Å²) in [7, 11) is 0. The van der Waals surface area contributed by atoms with E-state index >= 15 is 0 Å². The second-order valence-corrected chi connectivity index (χ2v) is 25.7. The Morgan fingerprint density at radius 1 is 0.500 bits per heavy atom. The van der Waals surface area contributed by atoms with Crippen LogP contribution >= 0.6 is 0 Å². The fourth-order valence-electron chi connectivity index (χ4n) is 2.66. The van der Waals surface area contributed by atoms with Crippen LogP contribution in [0.5, 0.6) is 0 Å². The Labute approximate surface area is 106 Å². The molecule has 0 radical (unpaired) electrons. The summed E-state index contributed by atoms with van der Waals surface area (Å²) in [6.07, 6.45) is 0. The van der Waals surface area contributed by atoms with Gasteiger partial charge in [-0.3, -0.25) is 0 Å². The van der Waals surface area contributed by atoms with E-state index in [9.17, 15) is 0 Å². The van der Waals surface area contributed by atoms with E-state index in [0.29, 0.717) is 8.49 Å². The van der Waals surface area contributed by atoms with E-state index in [1.165, 1.54) is 0 Å². The Morgan fingerprint density at radius 2 is 0.688 bits per heavy atom. The van der Waals surface area contributed by atoms with E-state index in [0.717, 1.165) is 0 Å². The Hall–Kier alpha value is 0.306. The molecule has 2 bridgehead atoms. The molecule has 0 aliphatic carbocycles. The Morgan fingerprint density at radius 3 is 0.812 bits per heavy atom. The molecule has 0 aromatic rings. The normalized spacial score (nSPS) is 37.1. The van der Waals surface area contributed by atoms with E-state index in [2.05, 4.69) is 71.0 Å². The molecule has 0 aromatic heterocycles.